The van der Waals surface area contributed by atoms with Gasteiger partial charge in [-0.25, -0.2) is 4.98 Å². The first-order valence-corrected chi connectivity index (χ1v) is 10.5. The van der Waals surface area contributed by atoms with E-state index in [2.05, 4.69) is 41.3 Å². The van der Waals surface area contributed by atoms with Gasteiger partial charge < -0.3 is 0 Å². The van der Waals surface area contributed by atoms with Gasteiger partial charge >= 0.3 is 0 Å². The molecule has 4 nitrogen and oxygen atoms in total. The molecule has 1 aromatic heterocycles. The summed E-state index contributed by atoms with van der Waals surface area (Å²) in [6, 6.07) is 20.8. The molecular formula is C23H19N3OS. The predicted octanol–water partition coefficient (Wildman–Crippen LogP) is 5.20. The molecule has 0 saturated carbocycles. The molecule has 1 atom stereocenters. The van der Waals surface area contributed by atoms with Crippen LogP contribution in [0.3, 0.4) is 0 Å². The number of amides is 1. The molecule has 0 bridgehead atoms. The second-order valence-corrected chi connectivity index (χ2v) is 8.61. The summed E-state index contributed by atoms with van der Waals surface area (Å²) in [5.41, 5.74) is 2.93. The Morgan fingerprint density at radius 2 is 1.89 bits per heavy atom. The molecule has 2 aliphatic rings. The van der Waals surface area contributed by atoms with Gasteiger partial charge in [0.2, 0.25) is 0 Å². The highest BCUT2D eigenvalue weighted by Gasteiger charge is 2.35. The van der Waals surface area contributed by atoms with Gasteiger partial charge in [-0.3, -0.25) is 14.6 Å². The minimum atomic E-state index is 0.113. The highest BCUT2D eigenvalue weighted by Crippen LogP contribution is 2.40. The number of nitrogens with zero attached hydrogens (tertiary/aromatic N) is 3. The van der Waals surface area contributed by atoms with Crippen molar-refractivity contribution in [3.63, 3.8) is 0 Å². The molecule has 0 spiro atoms. The zero-order valence-electron chi connectivity index (χ0n) is 15.3. The van der Waals surface area contributed by atoms with E-state index in [0.717, 1.165) is 46.9 Å². The van der Waals surface area contributed by atoms with Gasteiger partial charge in [-0.05, 0) is 42.5 Å². The average molecular weight is 385 g/mol. The van der Waals surface area contributed by atoms with Crippen molar-refractivity contribution >= 4 is 43.9 Å². The van der Waals surface area contributed by atoms with Crippen molar-refractivity contribution in [1.29, 1.82) is 0 Å². The molecule has 138 valence electrons. The van der Waals surface area contributed by atoms with Gasteiger partial charge in [0, 0.05) is 17.5 Å². The summed E-state index contributed by atoms with van der Waals surface area (Å²) in [6.07, 6.45) is 2.23. The number of benzene rings is 3. The average Bonchev–Trinajstić information content (AvgIpc) is 3.42. The Kier molecular flexibility index (Phi) is 3.55. The number of carbonyl (C=O) groups excluding carboxylic acids is 1. The molecule has 0 unspecified atom stereocenters. The highest BCUT2D eigenvalue weighted by atomic mass is 32.1. The number of likely N-dealkylation sites (tertiary alicyclic amines) is 1. The lowest BCUT2D eigenvalue weighted by Gasteiger charge is -2.28. The first kappa shape index (κ1) is 16.2. The van der Waals surface area contributed by atoms with Crippen LogP contribution in [0, 0.1) is 0 Å². The SMILES string of the molecule is O=C1c2cccc3cccc(c23)N1CN1CCC[C@@H]1c1nc2ccccc2s1. The second-order valence-electron chi connectivity index (χ2n) is 7.55. The molecule has 0 radical (unpaired) electrons. The van der Waals surface area contributed by atoms with Gasteiger partial charge in [0.1, 0.15) is 5.01 Å². The molecule has 28 heavy (non-hydrogen) atoms. The minimum absolute atomic E-state index is 0.113. The third kappa shape index (κ3) is 2.33. The van der Waals surface area contributed by atoms with Crippen LogP contribution in [-0.4, -0.2) is 29.0 Å². The maximum absolute atomic E-state index is 13.1. The van der Waals surface area contributed by atoms with Gasteiger partial charge in [0.15, 0.2) is 0 Å². The molecule has 6 rings (SSSR count). The van der Waals surface area contributed by atoms with Crippen LogP contribution < -0.4 is 4.90 Å². The van der Waals surface area contributed by atoms with Gasteiger partial charge in [-0.2, -0.15) is 0 Å². The molecule has 5 heteroatoms. The first-order valence-electron chi connectivity index (χ1n) is 9.73. The van der Waals surface area contributed by atoms with Crippen LogP contribution in [0.15, 0.2) is 60.7 Å². The number of carbonyl (C=O) groups is 1. The molecule has 1 amide bonds. The third-order valence-electron chi connectivity index (χ3n) is 5.93. The number of thiazole rings is 1. The Bertz CT molecular complexity index is 1190. The van der Waals surface area contributed by atoms with E-state index in [4.69, 9.17) is 4.98 Å². The molecule has 4 aromatic rings. The monoisotopic (exact) mass is 385 g/mol. The van der Waals surface area contributed by atoms with Crippen molar-refractivity contribution in [2.45, 2.75) is 18.9 Å². The number of rotatable bonds is 3. The number of fused-ring (bicyclic) bond motifs is 1. The number of hydrogen-bond donors (Lipinski definition) is 0. The van der Waals surface area contributed by atoms with Crippen molar-refractivity contribution in [3.8, 4) is 0 Å². The summed E-state index contributed by atoms with van der Waals surface area (Å²) >= 11 is 1.78. The smallest absolute Gasteiger partial charge is 0.260 e. The quantitative estimate of drug-likeness (QED) is 0.486. The predicted molar refractivity (Wildman–Crippen MR) is 114 cm³/mol. The Labute approximate surface area is 167 Å². The molecule has 3 heterocycles. The van der Waals surface area contributed by atoms with E-state index < -0.39 is 0 Å². The standard InChI is InChI=1S/C23H19N3OS/c27-23-16-8-3-6-15-7-4-10-18(21(15)16)26(23)14-25-13-5-11-19(25)22-24-17-9-1-2-12-20(17)28-22/h1-4,6-10,12,19H,5,11,13-14H2/t19-/m1/s1. The molecule has 3 aromatic carbocycles. The van der Waals surface area contributed by atoms with Crippen LogP contribution in [0.2, 0.25) is 0 Å². The fourth-order valence-electron chi connectivity index (χ4n) is 4.61. The Morgan fingerprint density at radius 1 is 1.04 bits per heavy atom. The first-order chi connectivity index (χ1) is 13.8. The molecular weight excluding hydrogens is 366 g/mol. The zero-order chi connectivity index (χ0) is 18.7. The third-order valence-corrected chi connectivity index (χ3v) is 7.07. The normalized spacial score (nSPS) is 19.4. The summed E-state index contributed by atoms with van der Waals surface area (Å²) in [5, 5.41) is 3.39. The van der Waals surface area contributed by atoms with Gasteiger partial charge in [-0.15, -0.1) is 11.3 Å². The largest absolute Gasteiger partial charge is 0.294 e. The van der Waals surface area contributed by atoms with Gasteiger partial charge in [0.05, 0.1) is 28.6 Å². The summed E-state index contributed by atoms with van der Waals surface area (Å²) < 4.78 is 1.23. The molecule has 1 fully saturated rings. The van der Waals surface area contributed by atoms with E-state index in [1.54, 1.807) is 11.3 Å². The lowest BCUT2D eigenvalue weighted by molar-refractivity contribution is 0.0971. The maximum atomic E-state index is 13.1. The van der Waals surface area contributed by atoms with Crippen LogP contribution in [0.1, 0.15) is 34.2 Å². The van der Waals surface area contributed by atoms with Gasteiger partial charge in [-0.1, -0.05) is 36.4 Å². The van der Waals surface area contributed by atoms with Crippen molar-refractivity contribution in [2.24, 2.45) is 0 Å². The van der Waals surface area contributed by atoms with Gasteiger partial charge in [0.25, 0.3) is 5.91 Å². The number of hydrogen-bond acceptors (Lipinski definition) is 4. The van der Waals surface area contributed by atoms with Crippen LogP contribution >= 0.6 is 11.3 Å². The Hall–Kier alpha value is -2.76. The van der Waals surface area contributed by atoms with Crippen molar-refractivity contribution in [1.82, 2.24) is 9.88 Å². The van der Waals surface area contributed by atoms with E-state index in [-0.39, 0.29) is 11.9 Å². The lowest BCUT2D eigenvalue weighted by Crippen LogP contribution is -2.39. The fourth-order valence-corrected chi connectivity index (χ4v) is 5.75. The van der Waals surface area contributed by atoms with Crippen molar-refractivity contribution in [2.75, 3.05) is 18.1 Å². The fraction of sp³-hybridized carbons (Fsp3) is 0.217. The minimum Gasteiger partial charge on any atom is -0.294 e. The summed E-state index contributed by atoms with van der Waals surface area (Å²) in [4.78, 5) is 22.4. The van der Waals surface area contributed by atoms with E-state index >= 15 is 0 Å². The summed E-state index contributed by atoms with van der Waals surface area (Å²) in [6.45, 7) is 1.61. The number of aromatic nitrogens is 1. The highest BCUT2D eigenvalue weighted by molar-refractivity contribution is 7.18. The van der Waals surface area contributed by atoms with E-state index in [9.17, 15) is 4.79 Å². The second kappa shape index (κ2) is 6.12. The summed E-state index contributed by atoms with van der Waals surface area (Å²) in [5.74, 6) is 0.113. The lowest BCUT2D eigenvalue weighted by atomic mass is 10.1. The molecule has 0 aliphatic carbocycles. The van der Waals surface area contributed by atoms with E-state index in [1.807, 2.05) is 29.2 Å². The number of para-hydroxylation sites is 1. The Morgan fingerprint density at radius 3 is 2.79 bits per heavy atom. The van der Waals surface area contributed by atoms with E-state index in [0.29, 0.717) is 6.67 Å². The maximum Gasteiger partial charge on any atom is 0.260 e. The zero-order valence-corrected chi connectivity index (χ0v) is 16.2. The van der Waals surface area contributed by atoms with Crippen molar-refractivity contribution in [3.05, 3.63) is 71.2 Å². The van der Waals surface area contributed by atoms with Crippen LogP contribution in [0.25, 0.3) is 21.0 Å². The molecule has 0 N–H and O–H groups in total. The molecule has 2 aliphatic heterocycles. The van der Waals surface area contributed by atoms with Crippen LogP contribution in [-0.2, 0) is 0 Å². The topological polar surface area (TPSA) is 36.4 Å². The number of anilines is 1. The van der Waals surface area contributed by atoms with Crippen molar-refractivity contribution < 1.29 is 4.79 Å². The van der Waals surface area contributed by atoms with Crippen LogP contribution in [0.5, 0.6) is 0 Å². The van der Waals surface area contributed by atoms with E-state index in [1.165, 1.54) is 9.71 Å². The van der Waals surface area contributed by atoms with Crippen LogP contribution in [0.4, 0.5) is 5.69 Å². The molecule has 1 saturated heterocycles. The summed E-state index contributed by atoms with van der Waals surface area (Å²) in [7, 11) is 0. The Balaban J connectivity index is 1.35.